The van der Waals surface area contributed by atoms with Crippen molar-refractivity contribution < 1.29 is 4.79 Å². The van der Waals surface area contributed by atoms with Gasteiger partial charge in [-0.15, -0.1) is 0 Å². The van der Waals surface area contributed by atoms with Gasteiger partial charge in [-0.1, -0.05) is 11.6 Å². The molecular weight excluding hydrogens is 186 g/mol. The number of allylic oxidation sites excluding steroid dienone is 2. The van der Waals surface area contributed by atoms with Gasteiger partial charge in [0.2, 0.25) is 0 Å². The molecule has 0 heterocycles. The minimum Gasteiger partial charge on any atom is -0.402 e. The summed E-state index contributed by atoms with van der Waals surface area (Å²) < 4.78 is 0. The average Bonchev–Trinajstić information content (AvgIpc) is 2.04. The first kappa shape index (κ1) is 9.81. The van der Waals surface area contributed by atoms with Gasteiger partial charge < -0.3 is 5.73 Å². The molecule has 0 unspecified atom stereocenters. The zero-order chi connectivity index (χ0) is 9.84. The van der Waals surface area contributed by atoms with Gasteiger partial charge in [0.25, 0.3) is 0 Å². The number of benzene rings is 1. The van der Waals surface area contributed by atoms with Crippen molar-refractivity contribution in [3.63, 3.8) is 0 Å². The summed E-state index contributed by atoms with van der Waals surface area (Å²) in [6.45, 7) is 1.67. The maximum absolute atomic E-state index is 11.4. The summed E-state index contributed by atoms with van der Waals surface area (Å²) in [5.74, 6) is -0.100. The minimum absolute atomic E-state index is 0.100. The first-order valence-electron chi connectivity index (χ1n) is 3.83. The van der Waals surface area contributed by atoms with E-state index in [4.69, 9.17) is 17.3 Å². The lowest BCUT2D eigenvalue weighted by atomic mass is 10.1. The number of carbonyl (C=O) groups excluding carboxylic acids is 1. The summed E-state index contributed by atoms with van der Waals surface area (Å²) in [5.41, 5.74) is 6.47. The third-order valence-electron chi connectivity index (χ3n) is 1.49. The van der Waals surface area contributed by atoms with Crippen molar-refractivity contribution in [3.8, 4) is 0 Å². The Hall–Kier alpha value is -1.28. The Morgan fingerprint density at radius 1 is 1.38 bits per heavy atom. The molecule has 0 saturated heterocycles. The van der Waals surface area contributed by atoms with E-state index in [2.05, 4.69) is 0 Å². The van der Waals surface area contributed by atoms with Crippen LogP contribution < -0.4 is 5.73 Å². The van der Waals surface area contributed by atoms with Gasteiger partial charge in [-0.2, -0.15) is 0 Å². The zero-order valence-corrected chi connectivity index (χ0v) is 8.01. The lowest BCUT2D eigenvalue weighted by Gasteiger charge is -1.96. The quantitative estimate of drug-likeness (QED) is 0.582. The van der Waals surface area contributed by atoms with E-state index < -0.39 is 0 Å². The molecule has 0 radical (unpaired) electrons. The Morgan fingerprint density at radius 2 is 1.92 bits per heavy atom. The first-order chi connectivity index (χ1) is 6.09. The van der Waals surface area contributed by atoms with Crippen molar-refractivity contribution in [2.45, 2.75) is 6.92 Å². The highest BCUT2D eigenvalue weighted by Crippen LogP contribution is 2.10. The number of halogens is 1. The van der Waals surface area contributed by atoms with Crippen molar-refractivity contribution in [1.29, 1.82) is 0 Å². The number of carbonyl (C=O) groups is 1. The molecule has 0 saturated carbocycles. The fraction of sp³-hybridized carbons (Fsp3) is 0.100. The Kier molecular flexibility index (Phi) is 3.09. The topological polar surface area (TPSA) is 43.1 Å². The third-order valence-corrected chi connectivity index (χ3v) is 1.74. The maximum atomic E-state index is 11.4. The van der Waals surface area contributed by atoms with Crippen LogP contribution in [0.15, 0.2) is 36.0 Å². The summed E-state index contributed by atoms with van der Waals surface area (Å²) in [4.78, 5) is 11.4. The smallest absolute Gasteiger partial charge is 0.187 e. The second-order valence-corrected chi connectivity index (χ2v) is 3.20. The second-order valence-electron chi connectivity index (χ2n) is 2.76. The summed E-state index contributed by atoms with van der Waals surface area (Å²) in [5, 5.41) is 0.616. The molecule has 3 heteroatoms. The van der Waals surface area contributed by atoms with E-state index in [1.54, 1.807) is 31.2 Å². The highest BCUT2D eigenvalue weighted by Gasteiger charge is 2.01. The molecule has 0 spiro atoms. The Morgan fingerprint density at radius 3 is 2.38 bits per heavy atom. The maximum Gasteiger partial charge on any atom is 0.187 e. The lowest BCUT2D eigenvalue weighted by Crippen LogP contribution is -1.99. The van der Waals surface area contributed by atoms with Gasteiger partial charge in [0.15, 0.2) is 5.78 Å². The number of hydrogen-bond acceptors (Lipinski definition) is 2. The predicted octanol–water partition coefficient (Wildman–Crippen LogP) is 2.39. The van der Waals surface area contributed by atoms with Gasteiger partial charge in [0.1, 0.15) is 0 Å². The number of rotatable bonds is 2. The van der Waals surface area contributed by atoms with Gasteiger partial charge in [-0.3, -0.25) is 4.79 Å². The van der Waals surface area contributed by atoms with Crippen molar-refractivity contribution in [2.24, 2.45) is 5.73 Å². The van der Waals surface area contributed by atoms with Crippen LogP contribution in [-0.2, 0) is 0 Å². The number of nitrogens with two attached hydrogens (primary N) is 1. The van der Waals surface area contributed by atoms with Gasteiger partial charge in [0, 0.05) is 22.4 Å². The van der Waals surface area contributed by atoms with Crippen LogP contribution in [0.3, 0.4) is 0 Å². The molecule has 1 aromatic rings. The Labute approximate surface area is 82.0 Å². The molecule has 1 rings (SSSR count). The zero-order valence-electron chi connectivity index (χ0n) is 7.25. The van der Waals surface area contributed by atoms with Crippen LogP contribution in [-0.4, -0.2) is 5.78 Å². The van der Waals surface area contributed by atoms with Crippen LogP contribution in [0, 0.1) is 0 Å². The fourth-order valence-electron chi connectivity index (χ4n) is 0.904. The molecule has 0 amide bonds. The Balaban J connectivity index is 2.90. The minimum atomic E-state index is -0.100. The third kappa shape index (κ3) is 2.92. The van der Waals surface area contributed by atoms with Crippen LogP contribution in [0.2, 0.25) is 5.02 Å². The number of ketones is 1. The van der Waals surface area contributed by atoms with Crippen molar-refractivity contribution in [3.05, 3.63) is 46.6 Å². The standard InChI is InChI=1S/C10H10ClNO/c1-7(12)6-10(13)8-2-4-9(11)5-3-8/h2-6H,12H2,1H3/b7-6-. The van der Waals surface area contributed by atoms with E-state index in [0.29, 0.717) is 16.3 Å². The van der Waals surface area contributed by atoms with Gasteiger partial charge in [0.05, 0.1) is 0 Å². The molecule has 2 nitrogen and oxygen atoms in total. The second kappa shape index (κ2) is 4.10. The summed E-state index contributed by atoms with van der Waals surface area (Å²) >= 11 is 5.67. The van der Waals surface area contributed by atoms with E-state index >= 15 is 0 Å². The molecular formula is C10H10ClNO. The summed E-state index contributed by atoms with van der Waals surface area (Å²) in [6.07, 6.45) is 1.39. The summed E-state index contributed by atoms with van der Waals surface area (Å²) in [7, 11) is 0. The van der Waals surface area contributed by atoms with Crippen LogP contribution in [0.1, 0.15) is 17.3 Å². The normalized spacial score (nSPS) is 11.4. The molecule has 13 heavy (non-hydrogen) atoms. The van der Waals surface area contributed by atoms with Crippen LogP contribution in [0.25, 0.3) is 0 Å². The first-order valence-corrected chi connectivity index (χ1v) is 4.21. The van der Waals surface area contributed by atoms with Gasteiger partial charge >= 0.3 is 0 Å². The molecule has 0 aliphatic carbocycles. The highest BCUT2D eigenvalue weighted by molar-refractivity contribution is 6.30. The van der Waals surface area contributed by atoms with E-state index in [1.807, 2.05) is 0 Å². The van der Waals surface area contributed by atoms with E-state index in [9.17, 15) is 4.79 Å². The van der Waals surface area contributed by atoms with Gasteiger partial charge in [-0.25, -0.2) is 0 Å². The molecule has 0 aliphatic rings. The lowest BCUT2D eigenvalue weighted by molar-refractivity contribution is 0.104. The summed E-state index contributed by atoms with van der Waals surface area (Å²) in [6, 6.07) is 6.69. The van der Waals surface area contributed by atoms with E-state index in [1.165, 1.54) is 6.08 Å². The van der Waals surface area contributed by atoms with Crippen molar-refractivity contribution >= 4 is 17.4 Å². The van der Waals surface area contributed by atoms with E-state index in [0.717, 1.165) is 0 Å². The van der Waals surface area contributed by atoms with Crippen LogP contribution in [0.4, 0.5) is 0 Å². The van der Waals surface area contributed by atoms with Gasteiger partial charge in [-0.05, 0) is 31.2 Å². The molecule has 0 aliphatic heterocycles. The monoisotopic (exact) mass is 195 g/mol. The van der Waals surface area contributed by atoms with Crippen LogP contribution in [0.5, 0.6) is 0 Å². The number of hydrogen-bond donors (Lipinski definition) is 1. The van der Waals surface area contributed by atoms with Crippen LogP contribution >= 0.6 is 11.6 Å². The molecule has 0 fully saturated rings. The van der Waals surface area contributed by atoms with Crippen molar-refractivity contribution in [1.82, 2.24) is 0 Å². The highest BCUT2D eigenvalue weighted by atomic mass is 35.5. The molecule has 2 N–H and O–H groups in total. The molecule has 68 valence electrons. The SMILES string of the molecule is C/C(N)=C/C(=O)c1ccc(Cl)cc1. The Bertz CT molecular complexity index is 336. The molecule has 1 aromatic carbocycles. The largest absolute Gasteiger partial charge is 0.402 e. The van der Waals surface area contributed by atoms with Crippen molar-refractivity contribution in [2.75, 3.05) is 0 Å². The fourth-order valence-corrected chi connectivity index (χ4v) is 1.03. The van der Waals surface area contributed by atoms with E-state index in [-0.39, 0.29) is 5.78 Å². The predicted molar refractivity (Wildman–Crippen MR) is 53.7 cm³/mol. The molecule has 0 aromatic heterocycles. The molecule has 0 atom stereocenters. The molecule has 0 bridgehead atoms. The average molecular weight is 196 g/mol.